The molecule has 0 saturated carbocycles. The monoisotopic (exact) mass is 211 g/mol. The number of hydrogen-bond donors (Lipinski definition) is 2. The SMILES string of the molecule is C#CCO/C(O)=C(\[N+]#N)C(O)CC(C)C. The van der Waals surface area contributed by atoms with Crippen LogP contribution in [0, 0.1) is 23.7 Å². The maximum absolute atomic E-state index is 9.55. The van der Waals surface area contributed by atoms with Crippen molar-refractivity contribution in [3.8, 4) is 12.3 Å². The van der Waals surface area contributed by atoms with Gasteiger partial charge >= 0.3 is 11.6 Å². The molecule has 0 rings (SSSR count). The van der Waals surface area contributed by atoms with Crippen LogP contribution in [0.4, 0.5) is 0 Å². The molecule has 1 unspecified atom stereocenters. The summed E-state index contributed by atoms with van der Waals surface area (Å²) in [6.45, 7) is 3.62. The molecule has 0 amide bonds. The second kappa shape index (κ2) is 6.69. The van der Waals surface area contributed by atoms with Gasteiger partial charge in [0.05, 0.1) is 0 Å². The molecule has 0 spiro atoms. The zero-order chi connectivity index (χ0) is 11.8. The highest BCUT2D eigenvalue weighted by Crippen LogP contribution is 2.17. The van der Waals surface area contributed by atoms with Gasteiger partial charge in [-0.25, -0.2) is 0 Å². The first kappa shape index (κ1) is 13.3. The average molecular weight is 211 g/mol. The molecule has 0 bridgehead atoms. The van der Waals surface area contributed by atoms with Gasteiger partial charge < -0.3 is 14.9 Å². The number of terminal acetylenes is 1. The van der Waals surface area contributed by atoms with E-state index in [9.17, 15) is 10.2 Å². The molecule has 2 N–H and O–H groups in total. The summed E-state index contributed by atoms with van der Waals surface area (Å²) in [5, 5.41) is 27.4. The molecule has 0 fully saturated rings. The van der Waals surface area contributed by atoms with Crippen LogP contribution in [0.2, 0.25) is 0 Å². The molecule has 5 nitrogen and oxygen atoms in total. The minimum atomic E-state index is -1.08. The van der Waals surface area contributed by atoms with Crippen LogP contribution in [-0.2, 0) is 4.74 Å². The van der Waals surface area contributed by atoms with Crippen LogP contribution >= 0.6 is 0 Å². The number of aliphatic hydroxyl groups is 2. The van der Waals surface area contributed by atoms with Crippen LogP contribution in [0.1, 0.15) is 20.3 Å². The first-order chi connectivity index (χ1) is 7.02. The Balaban J connectivity index is 4.60. The molecular formula is C10H15N2O3+. The Hall–Kier alpha value is -1.72. The molecule has 5 heteroatoms. The fraction of sp³-hybridized carbons (Fsp3) is 0.600. The average Bonchev–Trinajstić information content (AvgIpc) is 2.14. The van der Waals surface area contributed by atoms with E-state index in [-0.39, 0.29) is 18.2 Å². The van der Waals surface area contributed by atoms with Crippen molar-refractivity contribution >= 4 is 0 Å². The van der Waals surface area contributed by atoms with Gasteiger partial charge in [-0.3, -0.25) is 0 Å². The number of diazo groups is 1. The minimum Gasteiger partial charge on any atom is -0.475 e. The quantitative estimate of drug-likeness (QED) is 0.411. The summed E-state index contributed by atoms with van der Waals surface area (Å²) in [6, 6.07) is 0. The fourth-order valence-corrected chi connectivity index (χ4v) is 0.994. The molecule has 0 aromatic carbocycles. The highest BCUT2D eigenvalue weighted by atomic mass is 16.6. The van der Waals surface area contributed by atoms with Crippen LogP contribution in [-0.4, -0.2) is 22.9 Å². The van der Waals surface area contributed by atoms with Crippen molar-refractivity contribution in [2.45, 2.75) is 26.4 Å². The molecule has 0 saturated heterocycles. The van der Waals surface area contributed by atoms with Gasteiger partial charge in [-0.2, -0.15) is 0 Å². The van der Waals surface area contributed by atoms with Gasteiger partial charge in [0, 0.05) is 0 Å². The van der Waals surface area contributed by atoms with Crippen LogP contribution < -0.4 is 0 Å². The van der Waals surface area contributed by atoms with Crippen molar-refractivity contribution < 1.29 is 14.9 Å². The number of rotatable bonds is 5. The minimum absolute atomic E-state index is 0.154. The first-order valence-corrected chi connectivity index (χ1v) is 4.55. The zero-order valence-corrected chi connectivity index (χ0v) is 8.84. The lowest BCUT2D eigenvalue weighted by atomic mass is 10.0. The summed E-state index contributed by atoms with van der Waals surface area (Å²) < 4.78 is 4.63. The lowest BCUT2D eigenvalue weighted by molar-refractivity contribution is 0.0952. The fourth-order valence-electron chi connectivity index (χ4n) is 0.994. The molecule has 0 aliphatic heterocycles. The Bertz CT molecular complexity index is 310. The van der Waals surface area contributed by atoms with Crippen molar-refractivity contribution in [3.05, 3.63) is 16.6 Å². The van der Waals surface area contributed by atoms with Gasteiger partial charge in [0.1, 0.15) is 0 Å². The van der Waals surface area contributed by atoms with E-state index in [4.69, 9.17) is 11.8 Å². The van der Waals surface area contributed by atoms with Gasteiger partial charge in [0.2, 0.25) is 5.39 Å². The van der Waals surface area contributed by atoms with Crippen LogP contribution in [0.5, 0.6) is 0 Å². The topological polar surface area (TPSA) is 77.8 Å². The Morgan fingerprint density at radius 3 is 2.60 bits per heavy atom. The molecule has 82 valence electrons. The number of nitrogens with zero attached hydrogens (tertiary/aromatic N) is 2. The van der Waals surface area contributed by atoms with E-state index < -0.39 is 12.0 Å². The Morgan fingerprint density at radius 2 is 2.20 bits per heavy atom. The Kier molecular flexibility index (Phi) is 5.92. The molecule has 0 aliphatic rings. The van der Waals surface area contributed by atoms with Gasteiger partial charge in [0.25, 0.3) is 0 Å². The predicted octanol–water partition coefficient (Wildman–Crippen LogP) is 1.62. The smallest absolute Gasteiger partial charge is 0.468 e. The standard InChI is InChI=1S/C10H14N2O3/c1-4-5-15-10(14)9(12-11)8(13)6-7(2)3/h1,7-8,13H,5-6H2,2-3H3/p+1/b10-9-. The molecule has 15 heavy (non-hydrogen) atoms. The maximum Gasteiger partial charge on any atom is 0.468 e. The van der Waals surface area contributed by atoms with Crippen molar-refractivity contribution in [3.63, 3.8) is 0 Å². The van der Waals surface area contributed by atoms with E-state index >= 15 is 0 Å². The Morgan fingerprint density at radius 1 is 1.60 bits per heavy atom. The summed E-state index contributed by atoms with van der Waals surface area (Å²) in [6.07, 6.45) is 4.18. The normalized spacial score (nSPS) is 13.7. The molecule has 0 radical (unpaired) electrons. The Labute approximate surface area is 89.0 Å². The van der Waals surface area contributed by atoms with E-state index in [0.29, 0.717) is 6.42 Å². The summed E-state index contributed by atoms with van der Waals surface area (Å²) >= 11 is 0. The number of aliphatic hydroxyl groups excluding tert-OH is 2. The van der Waals surface area contributed by atoms with Crippen LogP contribution in [0.15, 0.2) is 11.6 Å². The lowest BCUT2D eigenvalue weighted by Crippen LogP contribution is -2.14. The van der Waals surface area contributed by atoms with Crippen LogP contribution in [0.3, 0.4) is 0 Å². The van der Waals surface area contributed by atoms with Crippen molar-refractivity contribution in [1.82, 2.24) is 0 Å². The largest absolute Gasteiger partial charge is 0.475 e. The number of ether oxygens (including phenoxy) is 1. The molecule has 0 aliphatic carbocycles. The first-order valence-electron chi connectivity index (χ1n) is 4.55. The molecule has 0 heterocycles. The van der Waals surface area contributed by atoms with Gasteiger partial charge in [-0.15, -0.1) is 6.42 Å². The number of hydrogen-bond acceptors (Lipinski definition) is 4. The molecule has 0 aromatic heterocycles. The predicted molar refractivity (Wildman–Crippen MR) is 55.0 cm³/mol. The van der Waals surface area contributed by atoms with E-state index in [0.717, 1.165) is 0 Å². The van der Waals surface area contributed by atoms with Gasteiger partial charge in [0.15, 0.2) is 17.7 Å². The molecule has 1 atom stereocenters. The molecule has 0 aromatic rings. The summed E-state index contributed by atoms with van der Waals surface area (Å²) in [5.41, 5.74) is -0.307. The second-order valence-electron chi connectivity index (χ2n) is 3.43. The highest BCUT2D eigenvalue weighted by Gasteiger charge is 2.31. The van der Waals surface area contributed by atoms with E-state index in [1.165, 1.54) is 0 Å². The second-order valence-corrected chi connectivity index (χ2v) is 3.43. The third kappa shape index (κ3) is 4.90. The van der Waals surface area contributed by atoms with Crippen molar-refractivity contribution in [2.24, 2.45) is 5.92 Å². The van der Waals surface area contributed by atoms with Gasteiger partial charge in [-0.05, 0) is 12.3 Å². The van der Waals surface area contributed by atoms with E-state index in [1.807, 2.05) is 13.8 Å². The van der Waals surface area contributed by atoms with Crippen LogP contribution in [0.25, 0.3) is 4.98 Å². The van der Waals surface area contributed by atoms with E-state index in [1.54, 1.807) is 0 Å². The van der Waals surface area contributed by atoms with Gasteiger partial charge in [-0.1, -0.05) is 19.8 Å². The zero-order valence-electron chi connectivity index (χ0n) is 8.84. The maximum atomic E-state index is 9.55. The summed E-state index contributed by atoms with van der Waals surface area (Å²) in [4.78, 5) is 2.78. The van der Waals surface area contributed by atoms with E-state index in [2.05, 4.69) is 15.6 Å². The summed E-state index contributed by atoms with van der Waals surface area (Å²) in [7, 11) is 0. The van der Waals surface area contributed by atoms with Crippen molar-refractivity contribution in [2.75, 3.05) is 6.61 Å². The van der Waals surface area contributed by atoms with Crippen molar-refractivity contribution in [1.29, 1.82) is 5.39 Å². The molecular weight excluding hydrogens is 196 g/mol. The highest BCUT2D eigenvalue weighted by molar-refractivity contribution is 5.15. The third-order valence-corrected chi connectivity index (χ3v) is 1.63. The lowest BCUT2D eigenvalue weighted by Gasteiger charge is -2.06. The third-order valence-electron chi connectivity index (χ3n) is 1.63. The summed E-state index contributed by atoms with van der Waals surface area (Å²) in [5.74, 6) is 1.68.